The van der Waals surface area contributed by atoms with Crippen molar-refractivity contribution in [2.24, 2.45) is 0 Å². The molecule has 9 aromatic rings. The fraction of sp³-hybridized carbons (Fsp3) is 0. The van der Waals surface area contributed by atoms with Crippen LogP contribution in [-0.2, 0) is 0 Å². The van der Waals surface area contributed by atoms with Gasteiger partial charge in [0.25, 0.3) is 0 Å². The van der Waals surface area contributed by atoms with Gasteiger partial charge in [0.05, 0.1) is 15.7 Å². The number of nitrogens with zero attached hydrogens (tertiary/aromatic N) is 2. The molecule has 0 saturated carbocycles. The van der Waals surface area contributed by atoms with Crippen molar-refractivity contribution in [3.63, 3.8) is 0 Å². The summed E-state index contributed by atoms with van der Waals surface area (Å²) in [5.74, 6) is 0. The molecule has 0 amide bonds. The zero-order valence-electron chi connectivity index (χ0n) is 25.6. The van der Waals surface area contributed by atoms with Crippen LogP contribution in [0.1, 0.15) is 0 Å². The normalized spacial score (nSPS) is 11.4. The largest absolute Gasteiger partial charge is 0.311 e. The van der Waals surface area contributed by atoms with Gasteiger partial charge in [0.15, 0.2) is 0 Å². The van der Waals surface area contributed by atoms with Gasteiger partial charge < -0.3 is 9.47 Å². The molecule has 0 unspecified atom stereocenters. The SMILES string of the molecule is c1ccc(-c2ccc(N(c3ccc(-c4ccccc4)cc3)c3ccc(-n4c5ccccc5c5sc6ccccc6c54)cc3)cc2)cc1. The van der Waals surface area contributed by atoms with Crippen molar-refractivity contribution in [2.75, 3.05) is 4.90 Å². The highest BCUT2D eigenvalue weighted by molar-refractivity contribution is 7.26. The molecule has 222 valence electrons. The Kier molecular flexibility index (Phi) is 6.69. The second-order valence-electron chi connectivity index (χ2n) is 11.8. The van der Waals surface area contributed by atoms with E-state index in [0.29, 0.717) is 0 Å². The number of hydrogen-bond donors (Lipinski definition) is 0. The van der Waals surface area contributed by atoms with Crippen LogP contribution in [-0.4, -0.2) is 4.57 Å². The number of rotatable bonds is 6. The Bertz CT molecular complexity index is 2380. The van der Waals surface area contributed by atoms with Gasteiger partial charge in [0.1, 0.15) is 0 Å². The van der Waals surface area contributed by atoms with Crippen LogP contribution in [0.25, 0.3) is 59.1 Å². The van der Waals surface area contributed by atoms with Gasteiger partial charge in [-0.25, -0.2) is 0 Å². The smallest absolute Gasteiger partial charge is 0.0727 e. The summed E-state index contributed by atoms with van der Waals surface area (Å²) < 4.78 is 5.09. The van der Waals surface area contributed by atoms with Gasteiger partial charge in [-0.3, -0.25) is 0 Å². The lowest BCUT2D eigenvalue weighted by Gasteiger charge is -2.26. The lowest BCUT2D eigenvalue weighted by atomic mass is 10.0. The predicted octanol–water partition coefficient (Wildman–Crippen LogP) is 12.8. The highest BCUT2D eigenvalue weighted by Gasteiger charge is 2.18. The molecular weight excluding hydrogens is 589 g/mol. The molecule has 2 nitrogen and oxygen atoms in total. The van der Waals surface area contributed by atoms with Crippen LogP contribution in [0.5, 0.6) is 0 Å². The molecule has 0 saturated heterocycles. The summed E-state index contributed by atoms with van der Waals surface area (Å²) in [6.07, 6.45) is 0. The van der Waals surface area contributed by atoms with Crippen LogP contribution in [0.2, 0.25) is 0 Å². The molecule has 7 aromatic carbocycles. The predicted molar refractivity (Wildman–Crippen MR) is 202 cm³/mol. The van der Waals surface area contributed by atoms with E-state index < -0.39 is 0 Å². The van der Waals surface area contributed by atoms with Gasteiger partial charge in [-0.15, -0.1) is 11.3 Å². The molecule has 0 aliphatic carbocycles. The molecule has 0 aliphatic heterocycles. The molecule has 0 radical (unpaired) electrons. The Hall–Kier alpha value is -5.90. The van der Waals surface area contributed by atoms with E-state index in [9.17, 15) is 0 Å². The Morgan fingerprint density at radius 3 is 1.40 bits per heavy atom. The van der Waals surface area contributed by atoms with Gasteiger partial charge >= 0.3 is 0 Å². The van der Waals surface area contributed by atoms with E-state index in [0.717, 1.165) is 22.7 Å². The standard InChI is InChI=1S/C44H30N2S/c1-3-11-31(12-4-1)33-19-23-35(24-20-33)45(36-25-21-34(22-26-36)32-13-5-2-6-14-32)37-27-29-38(30-28-37)46-41-17-9-7-15-39(41)44-43(46)40-16-8-10-18-42(40)47-44/h1-30H. The van der Waals surface area contributed by atoms with Crippen LogP contribution in [0.15, 0.2) is 182 Å². The van der Waals surface area contributed by atoms with Crippen LogP contribution in [0.4, 0.5) is 17.1 Å². The minimum atomic E-state index is 1.11. The molecule has 0 fully saturated rings. The lowest BCUT2D eigenvalue weighted by molar-refractivity contribution is 1.18. The molecule has 9 rings (SSSR count). The highest BCUT2D eigenvalue weighted by atomic mass is 32.1. The summed E-state index contributed by atoms with van der Waals surface area (Å²) in [6.45, 7) is 0. The number of anilines is 3. The zero-order chi connectivity index (χ0) is 31.2. The van der Waals surface area contributed by atoms with Gasteiger partial charge in [0.2, 0.25) is 0 Å². The second kappa shape index (κ2) is 11.5. The average molecular weight is 619 g/mol. The van der Waals surface area contributed by atoms with Crippen LogP contribution < -0.4 is 4.90 Å². The summed E-state index contributed by atoms with van der Waals surface area (Å²) in [4.78, 5) is 2.34. The quantitative estimate of drug-likeness (QED) is 0.180. The molecule has 0 N–H and O–H groups in total. The van der Waals surface area contributed by atoms with Crippen molar-refractivity contribution >= 4 is 59.6 Å². The topological polar surface area (TPSA) is 8.17 Å². The van der Waals surface area contributed by atoms with E-state index in [-0.39, 0.29) is 0 Å². The number of aromatic nitrogens is 1. The maximum absolute atomic E-state index is 2.43. The summed E-state index contributed by atoms with van der Waals surface area (Å²) >= 11 is 1.88. The fourth-order valence-electron chi connectivity index (χ4n) is 6.75. The van der Waals surface area contributed by atoms with E-state index in [4.69, 9.17) is 0 Å². The van der Waals surface area contributed by atoms with Crippen LogP contribution in [0.3, 0.4) is 0 Å². The van der Waals surface area contributed by atoms with E-state index in [1.807, 2.05) is 11.3 Å². The van der Waals surface area contributed by atoms with Crippen molar-refractivity contribution in [2.45, 2.75) is 0 Å². The summed E-state index contributed by atoms with van der Waals surface area (Å²) in [5, 5.41) is 2.60. The minimum absolute atomic E-state index is 1.11. The van der Waals surface area contributed by atoms with Gasteiger partial charge in [-0.05, 0) is 82.9 Å². The molecular formula is C44H30N2S. The number of benzene rings is 7. The van der Waals surface area contributed by atoms with Gasteiger partial charge in [0, 0.05) is 38.2 Å². The molecule has 47 heavy (non-hydrogen) atoms. The van der Waals surface area contributed by atoms with Gasteiger partial charge in [-0.1, -0.05) is 121 Å². The minimum Gasteiger partial charge on any atom is -0.311 e. The molecule has 2 heterocycles. The van der Waals surface area contributed by atoms with Crippen molar-refractivity contribution in [1.29, 1.82) is 0 Å². The Balaban J connectivity index is 1.16. The maximum atomic E-state index is 2.43. The molecule has 0 bridgehead atoms. The monoisotopic (exact) mass is 618 g/mol. The van der Waals surface area contributed by atoms with E-state index >= 15 is 0 Å². The Labute approximate surface area is 278 Å². The number of hydrogen-bond acceptors (Lipinski definition) is 2. The van der Waals surface area contributed by atoms with Crippen LogP contribution in [0, 0.1) is 0 Å². The third-order valence-electron chi connectivity index (χ3n) is 9.01. The van der Waals surface area contributed by atoms with Crippen molar-refractivity contribution in [3.8, 4) is 27.9 Å². The molecule has 0 aliphatic rings. The zero-order valence-corrected chi connectivity index (χ0v) is 26.4. The van der Waals surface area contributed by atoms with Crippen LogP contribution >= 0.6 is 11.3 Å². The third kappa shape index (κ3) is 4.80. The number of thiophene rings is 1. The summed E-state index contributed by atoms with van der Waals surface area (Å²) in [7, 11) is 0. The third-order valence-corrected chi connectivity index (χ3v) is 10.2. The highest BCUT2D eigenvalue weighted by Crippen LogP contribution is 2.43. The van der Waals surface area contributed by atoms with E-state index in [1.54, 1.807) is 0 Å². The Morgan fingerprint density at radius 1 is 0.383 bits per heavy atom. The van der Waals surface area contributed by atoms with E-state index in [1.165, 1.54) is 53.5 Å². The first-order chi connectivity index (χ1) is 23.3. The fourth-order valence-corrected chi connectivity index (χ4v) is 7.97. The first kappa shape index (κ1) is 27.4. The first-order valence-electron chi connectivity index (χ1n) is 15.9. The molecule has 0 atom stereocenters. The molecule has 3 heteroatoms. The summed E-state index contributed by atoms with van der Waals surface area (Å²) in [6, 6.07) is 65.4. The van der Waals surface area contributed by atoms with E-state index in [2.05, 4.69) is 191 Å². The van der Waals surface area contributed by atoms with Crippen molar-refractivity contribution < 1.29 is 0 Å². The first-order valence-corrected chi connectivity index (χ1v) is 16.8. The lowest BCUT2D eigenvalue weighted by Crippen LogP contribution is -2.10. The second-order valence-corrected chi connectivity index (χ2v) is 12.9. The van der Waals surface area contributed by atoms with Crippen molar-refractivity contribution in [3.05, 3.63) is 182 Å². The number of para-hydroxylation sites is 1. The van der Waals surface area contributed by atoms with Crippen molar-refractivity contribution in [1.82, 2.24) is 4.57 Å². The maximum Gasteiger partial charge on any atom is 0.0727 e. The molecule has 0 spiro atoms. The molecule has 2 aromatic heterocycles. The Morgan fingerprint density at radius 2 is 0.830 bits per heavy atom. The number of fused-ring (bicyclic) bond motifs is 5. The van der Waals surface area contributed by atoms with Gasteiger partial charge in [-0.2, -0.15) is 0 Å². The average Bonchev–Trinajstić information content (AvgIpc) is 3.68. The summed E-state index contributed by atoms with van der Waals surface area (Å²) in [5.41, 5.74) is 11.8.